The van der Waals surface area contributed by atoms with Crippen LogP contribution in [0.3, 0.4) is 0 Å². The van der Waals surface area contributed by atoms with Crippen LogP contribution in [0.5, 0.6) is 0 Å². The quantitative estimate of drug-likeness (QED) is 0.852. The van der Waals surface area contributed by atoms with Crippen LogP contribution in [0, 0.1) is 0 Å². The molecule has 0 fully saturated rings. The van der Waals surface area contributed by atoms with E-state index in [-0.39, 0.29) is 6.61 Å². The largest absolute Gasteiger partial charge is 0.395 e. The van der Waals surface area contributed by atoms with E-state index in [9.17, 15) is 4.21 Å². The van der Waals surface area contributed by atoms with Crippen molar-refractivity contribution in [3.63, 3.8) is 0 Å². The fourth-order valence-corrected chi connectivity index (χ4v) is 3.50. The average Bonchev–Trinajstić information content (AvgIpc) is 2.63. The summed E-state index contributed by atoms with van der Waals surface area (Å²) >= 11 is 0. The van der Waals surface area contributed by atoms with Gasteiger partial charge in [0.15, 0.2) is 0 Å². The van der Waals surface area contributed by atoms with Gasteiger partial charge in [0.05, 0.1) is 33.9 Å². The first-order valence-electron chi connectivity index (χ1n) is 6.13. The molecule has 1 unspecified atom stereocenters. The van der Waals surface area contributed by atoms with E-state index >= 15 is 0 Å². The molecule has 1 aromatic rings. The van der Waals surface area contributed by atoms with Crippen molar-refractivity contribution < 1.29 is 9.32 Å². The Morgan fingerprint density at radius 2 is 2.22 bits per heavy atom. The van der Waals surface area contributed by atoms with Gasteiger partial charge in [-0.1, -0.05) is 6.07 Å². The summed E-state index contributed by atoms with van der Waals surface area (Å²) in [6.45, 7) is 1.79. The molecular formula is C13H20N2O2S. The highest BCUT2D eigenvalue weighted by molar-refractivity contribution is 7.85. The summed E-state index contributed by atoms with van der Waals surface area (Å²) in [6.07, 6.45) is 0.921. The smallest absolute Gasteiger partial charge is 0.0982 e. The van der Waals surface area contributed by atoms with Gasteiger partial charge in [0, 0.05) is 20.1 Å². The molecule has 0 spiro atoms. The zero-order chi connectivity index (χ0) is 13.1. The molecule has 1 aliphatic heterocycles. The molecule has 0 aliphatic carbocycles. The number of anilines is 1. The van der Waals surface area contributed by atoms with Crippen molar-refractivity contribution in [1.29, 1.82) is 0 Å². The second-order valence-corrected chi connectivity index (χ2v) is 6.14. The van der Waals surface area contributed by atoms with Crippen molar-refractivity contribution in [2.45, 2.75) is 11.3 Å². The molecular weight excluding hydrogens is 248 g/mol. The third kappa shape index (κ3) is 2.91. The summed E-state index contributed by atoms with van der Waals surface area (Å²) in [4.78, 5) is 5.09. The molecule has 4 nitrogen and oxygen atoms in total. The second kappa shape index (κ2) is 5.82. The van der Waals surface area contributed by atoms with Crippen molar-refractivity contribution in [2.75, 3.05) is 44.6 Å². The van der Waals surface area contributed by atoms with Crippen LogP contribution in [0.1, 0.15) is 5.56 Å². The summed E-state index contributed by atoms with van der Waals surface area (Å²) in [5, 5.41) is 8.84. The third-order valence-corrected chi connectivity index (χ3v) is 4.69. The topological polar surface area (TPSA) is 43.8 Å². The van der Waals surface area contributed by atoms with Crippen molar-refractivity contribution in [1.82, 2.24) is 4.90 Å². The van der Waals surface area contributed by atoms with Crippen LogP contribution in [0.4, 0.5) is 5.69 Å². The molecule has 1 atom stereocenters. The van der Waals surface area contributed by atoms with Gasteiger partial charge in [-0.05, 0) is 31.2 Å². The van der Waals surface area contributed by atoms with Gasteiger partial charge in [0.1, 0.15) is 0 Å². The van der Waals surface area contributed by atoms with Crippen LogP contribution in [0.25, 0.3) is 0 Å². The van der Waals surface area contributed by atoms with Crippen LogP contribution >= 0.6 is 0 Å². The van der Waals surface area contributed by atoms with Crippen LogP contribution in [0.15, 0.2) is 23.1 Å². The number of hydrogen-bond acceptors (Lipinski definition) is 4. The highest BCUT2D eigenvalue weighted by Crippen LogP contribution is 2.30. The maximum absolute atomic E-state index is 11.9. The van der Waals surface area contributed by atoms with Gasteiger partial charge < -0.3 is 14.9 Å². The van der Waals surface area contributed by atoms with Gasteiger partial charge in [-0.15, -0.1) is 0 Å². The van der Waals surface area contributed by atoms with Crippen LogP contribution in [-0.4, -0.2) is 53.9 Å². The number of rotatable bonds is 5. The Morgan fingerprint density at radius 1 is 1.44 bits per heavy atom. The normalized spacial score (nSPS) is 18.4. The summed E-state index contributed by atoms with van der Waals surface area (Å²) in [6, 6.07) is 6.22. The zero-order valence-corrected chi connectivity index (χ0v) is 11.7. The Labute approximate surface area is 111 Å². The lowest BCUT2D eigenvalue weighted by Crippen LogP contribution is -2.24. The minimum atomic E-state index is -0.884. The monoisotopic (exact) mass is 268 g/mol. The predicted molar refractivity (Wildman–Crippen MR) is 74.4 cm³/mol. The molecule has 0 radical (unpaired) electrons. The summed E-state index contributed by atoms with van der Waals surface area (Å²) in [7, 11) is 3.08. The molecule has 5 heteroatoms. The van der Waals surface area contributed by atoms with E-state index in [0.29, 0.717) is 12.4 Å². The highest BCUT2D eigenvalue weighted by atomic mass is 32.2. The van der Waals surface area contributed by atoms with Crippen molar-refractivity contribution in [2.24, 2.45) is 0 Å². The van der Waals surface area contributed by atoms with Gasteiger partial charge in [0.25, 0.3) is 0 Å². The molecule has 0 saturated carbocycles. The van der Waals surface area contributed by atoms with Crippen molar-refractivity contribution in [3.8, 4) is 0 Å². The molecule has 1 heterocycles. The Morgan fingerprint density at radius 3 is 2.94 bits per heavy atom. The lowest BCUT2D eigenvalue weighted by molar-refractivity contribution is 0.223. The Kier molecular flexibility index (Phi) is 4.37. The number of aliphatic hydroxyl groups is 1. The van der Waals surface area contributed by atoms with E-state index in [2.05, 4.69) is 23.1 Å². The van der Waals surface area contributed by atoms with E-state index in [1.165, 1.54) is 5.56 Å². The van der Waals surface area contributed by atoms with E-state index < -0.39 is 10.8 Å². The molecule has 1 aromatic carbocycles. The first-order chi connectivity index (χ1) is 8.61. The van der Waals surface area contributed by atoms with Gasteiger partial charge >= 0.3 is 0 Å². The summed E-state index contributed by atoms with van der Waals surface area (Å²) in [5.41, 5.74) is 2.29. The van der Waals surface area contributed by atoms with Crippen LogP contribution in [0.2, 0.25) is 0 Å². The number of aliphatic hydroxyl groups excluding tert-OH is 1. The van der Waals surface area contributed by atoms with Crippen LogP contribution in [-0.2, 0) is 17.2 Å². The van der Waals surface area contributed by atoms with E-state index in [4.69, 9.17) is 5.11 Å². The molecule has 100 valence electrons. The van der Waals surface area contributed by atoms with E-state index in [0.717, 1.165) is 23.5 Å². The number of nitrogens with zero attached hydrogens (tertiary/aromatic N) is 2. The van der Waals surface area contributed by atoms with Crippen LogP contribution < -0.4 is 4.90 Å². The van der Waals surface area contributed by atoms with Gasteiger partial charge in [-0.3, -0.25) is 4.21 Å². The number of hydrogen-bond donors (Lipinski definition) is 1. The molecule has 0 amide bonds. The molecule has 2 rings (SSSR count). The first kappa shape index (κ1) is 13.5. The Bertz CT molecular complexity index is 451. The third-order valence-electron chi connectivity index (χ3n) is 3.26. The minimum absolute atomic E-state index is 0.190. The lowest BCUT2D eigenvalue weighted by atomic mass is 10.1. The molecule has 0 bridgehead atoms. The molecule has 18 heavy (non-hydrogen) atoms. The highest BCUT2D eigenvalue weighted by Gasteiger charge is 2.22. The lowest BCUT2D eigenvalue weighted by Gasteiger charge is -2.15. The predicted octanol–water partition coefficient (Wildman–Crippen LogP) is 0.668. The van der Waals surface area contributed by atoms with Gasteiger partial charge in [-0.2, -0.15) is 0 Å². The SMILES string of the molecule is CN(CCO)CCc1ccc2c(c1)S(=O)CN2C. The summed E-state index contributed by atoms with van der Waals surface area (Å²) < 4.78 is 11.9. The summed E-state index contributed by atoms with van der Waals surface area (Å²) in [5.74, 6) is 0.600. The van der Waals surface area contributed by atoms with Gasteiger partial charge in [0.2, 0.25) is 0 Å². The van der Waals surface area contributed by atoms with Crippen molar-refractivity contribution >= 4 is 16.5 Å². The maximum Gasteiger partial charge on any atom is 0.0982 e. The minimum Gasteiger partial charge on any atom is -0.395 e. The standard InChI is InChI=1S/C13H20N2O2S/c1-14(7-8-16)6-5-11-3-4-12-13(9-11)18(17)10-15(12)2/h3-4,9,16H,5-8,10H2,1-2H3. The number of likely N-dealkylation sites (N-methyl/N-ethyl adjacent to an activating group) is 1. The van der Waals surface area contributed by atoms with Crippen molar-refractivity contribution in [3.05, 3.63) is 23.8 Å². The Balaban J connectivity index is 2.04. The average molecular weight is 268 g/mol. The molecule has 1 N–H and O–H groups in total. The first-order valence-corrected chi connectivity index (χ1v) is 7.45. The second-order valence-electron chi connectivity index (χ2n) is 4.75. The van der Waals surface area contributed by atoms with E-state index in [1.807, 2.05) is 19.0 Å². The number of benzene rings is 1. The van der Waals surface area contributed by atoms with Gasteiger partial charge in [-0.25, -0.2) is 0 Å². The molecule has 0 saturated heterocycles. The molecule has 1 aliphatic rings. The Hall–Kier alpha value is -0.910. The zero-order valence-electron chi connectivity index (χ0n) is 10.9. The fraction of sp³-hybridized carbons (Fsp3) is 0.538. The fourth-order valence-electron chi connectivity index (χ4n) is 2.13. The molecule has 0 aromatic heterocycles. The number of fused-ring (bicyclic) bond motifs is 1. The van der Waals surface area contributed by atoms with E-state index in [1.54, 1.807) is 0 Å². The maximum atomic E-state index is 11.9.